The minimum absolute atomic E-state index is 0.186. The number of methoxy groups -OCH3 is 1. The first-order chi connectivity index (χ1) is 14.4. The summed E-state index contributed by atoms with van der Waals surface area (Å²) >= 11 is 0. The maximum absolute atomic E-state index is 12.7. The molecule has 0 aliphatic heterocycles. The van der Waals surface area contributed by atoms with Crippen molar-refractivity contribution in [2.24, 2.45) is 0 Å². The minimum Gasteiger partial charge on any atom is -0.497 e. The first-order valence-corrected chi connectivity index (χ1v) is 10.5. The van der Waals surface area contributed by atoms with Crippen LogP contribution in [-0.4, -0.2) is 35.1 Å². The second-order valence-electron chi connectivity index (χ2n) is 6.35. The fourth-order valence-corrected chi connectivity index (χ4v) is 3.90. The van der Waals surface area contributed by atoms with Gasteiger partial charge in [0, 0.05) is 18.8 Å². The van der Waals surface area contributed by atoms with Crippen LogP contribution < -0.4 is 19.1 Å². The molecule has 0 saturated carbocycles. The van der Waals surface area contributed by atoms with E-state index < -0.39 is 10.0 Å². The first-order valence-electron chi connectivity index (χ1n) is 9.11. The maximum atomic E-state index is 12.7. The number of benzene rings is 3. The van der Waals surface area contributed by atoms with Crippen LogP contribution in [0.15, 0.2) is 83.8 Å². The lowest BCUT2D eigenvalue weighted by Gasteiger charge is -2.19. The van der Waals surface area contributed by atoms with Gasteiger partial charge in [0.25, 0.3) is 15.9 Å². The number of nitrogens with one attached hydrogen (secondary N) is 1. The van der Waals surface area contributed by atoms with Crippen LogP contribution >= 0.6 is 0 Å². The zero-order valence-electron chi connectivity index (χ0n) is 16.6. The van der Waals surface area contributed by atoms with E-state index in [4.69, 9.17) is 9.47 Å². The Balaban J connectivity index is 1.59. The average molecular weight is 426 g/mol. The highest BCUT2D eigenvalue weighted by Gasteiger charge is 2.20. The Labute approximate surface area is 175 Å². The molecule has 0 saturated heterocycles. The van der Waals surface area contributed by atoms with Gasteiger partial charge in [0.05, 0.1) is 17.7 Å². The molecule has 0 bridgehead atoms. The summed E-state index contributed by atoms with van der Waals surface area (Å²) in [5.74, 6) is 0.764. The molecule has 0 unspecified atom stereocenters. The van der Waals surface area contributed by atoms with E-state index in [1.165, 1.54) is 11.4 Å². The molecule has 0 heterocycles. The van der Waals surface area contributed by atoms with Crippen molar-refractivity contribution in [1.29, 1.82) is 0 Å². The fraction of sp³-hybridized carbons (Fsp3) is 0.136. The molecule has 7 nitrogen and oxygen atoms in total. The van der Waals surface area contributed by atoms with Gasteiger partial charge in [-0.2, -0.15) is 0 Å². The summed E-state index contributed by atoms with van der Waals surface area (Å²) in [6, 6.07) is 21.7. The van der Waals surface area contributed by atoms with Crippen LogP contribution in [0.2, 0.25) is 0 Å². The molecule has 0 atom stereocenters. The molecule has 0 aliphatic carbocycles. The van der Waals surface area contributed by atoms with Gasteiger partial charge in [-0.25, -0.2) is 8.42 Å². The minimum atomic E-state index is -3.65. The molecule has 1 amide bonds. The predicted octanol–water partition coefficient (Wildman–Crippen LogP) is 3.54. The fourth-order valence-electron chi connectivity index (χ4n) is 2.69. The number of anilines is 2. The number of hydrogen-bond acceptors (Lipinski definition) is 5. The Bertz CT molecular complexity index is 1100. The third kappa shape index (κ3) is 5.09. The monoisotopic (exact) mass is 426 g/mol. The number of carbonyl (C=O) groups is 1. The van der Waals surface area contributed by atoms with E-state index in [9.17, 15) is 13.2 Å². The van der Waals surface area contributed by atoms with E-state index >= 15 is 0 Å². The van der Waals surface area contributed by atoms with Crippen molar-refractivity contribution < 1.29 is 22.7 Å². The second kappa shape index (κ2) is 9.32. The van der Waals surface area contributed by atoms with Gasteiger partial charge in [0.1, 0.15) is 11.5 Å². The molecule has 0 spiro atoms. The standard InChI is InChI=1S/C22H22N2O5S/c1-24(30(26,27)21-9-4-3-5-10-21)18-11-13-19(14-12-18)29-16-22(25)23-17-7-6-8-20(15-17)28-2/h3-15H,16H2,1-2H3,(H,23,25). The average Bonchev–Trinajstić information content (AvgIpc) is 2.78. The van der Waals surface area contributed by atoms with Crippen LogP contribution in [0.4, 0.5) is 11.4 Å². The lowest BCUT2D eigenvalue weighted by atomic mass is 10.3. The number of sulfonamides is 1. The number of rotatable bonds is 8. The third-order valence-electron chi connectivity index (χ3n) is 4.33. The van der Waals surface area contributed by atoms with Crippen molar-refractivity contribution in [3.63, 3.8) is 0 Å². The van der Waals surface area contributed by atoms with Crippen LogP contribution in [0.25, 0.3) is 0 Å². The summed E-state index contributed by atoms with van der Waals surface area (Å²) in [5, 5.41) is 2.72. The van der Waals surface area contributed by atoms with E-state index in [1.807, 2.05) is 0 Å². The Hall–Kier alpha value is -3.52. The quantitative estimate of drug-likeness (QED) is 0.596. The maximum Gasteiger partial charge on any atom is 0.264 e. The zero-order chi connectivity index (χ0) is 21.6. The van der Waals surface area contributed by atoms with Crippen molar-refractivity contribution >= 4 is 27.3 Å². The molecule has 0 fully saturated rings. The zero-order valence-corrected chi connectivity index (χ0v) is 17.4. The van der Waals surface area contributed by atoms with Crippen LogP contribution in [0.1, 0.15) is 0 Å². The SMILES string of the molecule is COc1cccc(NC(=O)COc2ccc(N(C)S(=O)(=O)c3ccccc3)cc2)c1. The Morgan fingerprint density at radius 1 is 0.933 bits per heavy atom. The van der Waals surface area contributed by atoms with E-state index in [0.717, 1.165) is 0 Å². The largest absolute Gasteiger partial charge is 0.497 e. The number of amides is 1. The lowest BCUT2D eigenvalue weighted by molar-refractivity contribution is -0.118. The summed E-state index contributed by atoms with van der Waals surface area (Å²) in [7, 11) is -0.615. The molecule has 30 heavy (non-hydrogen) atoms. The smallest absolute Gasteiger partial charge is 0.264 e. The number of ether oxygens (including phenoxy) is 2. The van der Waals surface area contributed by atoms with Gasteiger partial charge in [-0.3, -0.25) is 9.10 Å². The summed E-state index contributed by atoms with van der Waals surface area (Å²) in [6.07, 6.45) is 0. The number of hydrogen-bond donors (Lipinski definition) is 1. The highest BCUT2D eigenvalue weighted by Crippen LogP contribution is 2.24. The Kier molecular flexibility index (Phi) is 6.58. The van der Waals surface area contributed by atoms with Gasteiger partial charge in [0.15, 0.2) is 6.61 Å². The topological polar surface area (TPSA) is 84.9 Å². The van der Waals surface area contributed by atoms with E-state index in [2.05, 4.69) is 5.32 Å². The summed E-state index contributed by atoms with van der Waals surface area (Å²) < 4.78 is 37.2. The van der Waals surface area contributed by atoms with Gasteiger partial charge in [-0.15, -0.1) is 0 Å². The normalized spacial score (nSPS) is 10.9. The molecule has 3 rings (SSSR count). The van der Waals surface area contributed by atoms with Crippen LogP contribution in [0.3, 0.4) is 0 Å². The summed E-state index contributed by atoms with van der Waals surface area (Å²) in [4.78, 5) is 12.3. The third-order valence-corrected chi connectivity index (χ3v) is 6.13. The van der Waals surface area contributed by atoms with Gasteiger partial charge in [0.2, 0.25) is 0 Å². The van der Waals surface area contributed by atoms with Gasteiger partial charge in [-0.1, -0.05) is 24.3 Å². The van der Waals surface area contributed by atoms with E-state index in [0.29, 0.717) is 22.9 Å². The van der Waals surface area contributed by atoms with Gasteiger partial charge < -0.3 is 14.8 Å². The predicted molar refractivity (Wildman–Crippen MR) is 116 cm³/mol. The van der Waals surface area contributed by atoms with Crippen LogP contribution in [0, 0.1) is 0 Å². The molecule has 0 radical (unpaired) electrons. The Morgan fingerprint density at radius 3 is 2.30 bits per heavy atom. The molecule has 8 heteroatoms. The van der Waals surface area contributed by atoms with Crippen molar-refractivity contribution in [2.45, 2.75) is 4.90 Å². The second-order valence-corrected chi connectivity index (χ2v) is 8.32. The molecular formula is C22H22N2O5S. The van der Waals surface area contributed by atoms with Crippen molar-refractivity contribution in [3.05, 3.63) is 78.9 Å². The molecule has 1 N–H and O–H groups in total. The molecule has 0 aliphatic rings. The summed E-state index contributed by atoms with van der Waals surface area (Å²) in [5.41, 5.74) is 1.08. The summed E-state index contributed by atoms with van der Waals surface area (Å²) in [6.45, 7) is -0.186. The highest BCUT2D eigenvalue weighted by molar-refractivity contribution is 7.92. The van der Waals surface area contributed by atoms with Crippen molar-refractivity contribution in [2.75, 3.05) is 30.4 Å². The van der Waals surface area contributed by atoms with Gasteiger partial charge >= 0.3 is 0 Å². The molecule has 3 aromatic carbocycles. The Morgan fingerprint density at radius 2 is 1.63 bits per heavy atom. The van der Waals surface area contributed by atoms with Crippen molar-refractivity contribution in [3.8, 4) is 11.5 Å². The molecule has 0 aromatic heterocycles. The van der Waals surface area contributed by atoms with E-state index in [-0.39, 0.29) is 17.4 Å². The van der Waals surface area contributed by atoms with Crippen molar-refractivity contribution in [1.82, 2.24) is 0 Å². The highest BCUT2D eigenvalue weighted by atomic mass is 32.2. The van der Waals surface area contributed by atoms with Gasteiger partial charge in [-0.05, 0) is 48.5 Å². The molecule has 3 aromatic rings. The first kappa shape index (κ1) is 21.2. The van der Waals surface area contributed by atoms with Crippen LogP contribution in [0.5, 0.6) is 11.5 Å². The molecule has 156 valence electrons. The van der Waals surface area contributed by atoms with E-state index in [1.54, 1.807) is 86.0 Å². The number of nitrogens with zero attached hydrogens (tertiary/aromatic N) is 1. The lowest BCUT2D eigenvalue weighted by Crippen LogP contribution is -2.26. The molecular weight excluding hydrogens is 404 g/mol. The number of carbonyl (C=O) groups excluding carboxylic acids is 1. The van der Waals surface area contributed by atoms with Crippen LogP contribution in [-0.2, 0) is 14.8 Å².